The highest BCUT2D eigenvalue weighted by Crippen LogP contribution is 2.38. The van der Waals surface area contributed by atoms with Crippen molar-refractivity contribution in [2.45, 2.75) is 81.9 Å². The fraction of sp³-hybridized carbons (Fsp3) is 0.375. The van der Waals surface area contributed by atoms with Crippen LogP contribution in [0.15, 0.2) is 48.9 Å². The molecule has 378 valence electrons. The SMILES string of the molecule is CCN(CC)c1nc(C)c(N=Nc2nc(C#N)c(C#N)n2Cc2cc(Cn3c(N=Nc4sc(N(CC)CC)nc4C)nc(C#N)c3C#N)cc(Cn3c(N=Nc4sc(N(CC)CC)nc4C)nc(C#N)c3C#N)c2)s1. The van der Waals surface area contributed by atoms with E-state index in [0.717, 1.165) is 54.7 Å². The lowest BCUT2D eigenvalue weighted by molar-refractivity contribution is 0.746. The predicted octanol–water partition coefficient (Wildman–Crippen LogP) is 10.7. The minimum Gasteiger partial charge on any atom is -0.349 e. The highest BCUT2D eigenvalue weighted by Gasteiger charge is 2.24. The number of thiazole rings is 3. The molecule has 0 amide bonds. The summed E-state index contributed by atoms with van der Waals surface area (Å²) >= 11 is 4.05. The number of anilines is 3. The van der Waals surface area contributed by atoms with Crippen LogP contribution in [0.3, 0.4) is 0 Å². The maximum atomic E-state index is 10.5. The molecular formula is C48H48N24S3. The fourth-order valence-corrected chi connectivity index (χ4v) is 10.9. The number of hydrogen-bond donors (Lipinski definition) is 0. The molecule has 0 unspecified atom stereocenters. The van der Waals surface area contributed by atoms with Gasteiger partial charge in [-0.15, -0.1) is 30.7 Å². The number of benzene rings is 1. The Kier molecular flexibility index (Phi) is 17.2. The number of nitrogens with zero attached hydrogens (tertiary/aromatic N) is 24. The van der Waals surface area contributed by atoms with Gasteiger partial charge < -0.3 is 14.7 Å². The van der Waals surface area contributed by atoms with E-state index in [0.29, 0.717) is 48.8 Å². The number of nitriles is 6. The van der Waals surface area contributed by atoms with Crippen LogP contribution in [0.5, 0.6) is 0 Å². The second kappa shape index (κ2) is 24.1. The molecule has 0 atom stereocenters. The molecule has 6 aromatic heterocycles. The van der Waals surface area contributed by atoms with E-state index in [-0.39, 0.29) is 71.6 Å². The summed E-state index contributed by atoms with van der Waals surface area (Å²) < 4.78 is 4.41. The van der Waals surface area contributed by atoms with Gasteiger partial charge in [-0.05, 0) is 79.0 Å². The molecule has 1 aromatic carbocycles. The Hall–Kier alpha value is -9.12. The first-order valence-electron chi connectivity index (χ1n) is 23.6. The van der Waals surface area contributed by atoms with E-state index < -0.39 is 0 Å². The third-order valence-electron chi connectivity index (χ3n) is 11.7. The second-order valence-corrected chi connectivity index (χ2v) is 19.1. The molecule has 0 aliphatic heterocycles. The molecule has 0 saturated heterocycles. The summed E-state index contributed by atoms with van der Waals surface area (Å²) in [5.41, 5.74) is 2.87. The van der Waals surface area contributed by atoms with Gasteiger partial charge in [0.15, 0.2) is 64.6 Å². The highest BCUT2D eigenvalue weighted by atomic mass is 32.1. The number of azo groups is 3. The van der Waals surface area contributed by atoms with Crippen molar-refractivity contribution in [1.29, 1.82) is 31.6 Å². The van der Waals surface area contributed by atoms with Gasteiger partial charge >= 0.3 is 0 Å². The van der Waals surface area contributed by atoms with E-state index in [1.165, 1.54) is 47.7 Å². The molecule has 0 radical (unpaired) electrons. The van der Waals surface area contributed by atoms with Crippen molar-refractivity contribution in [3.63, 3.8) is 0 Å². The maximum Gasteiger partial charge on any atom is 0.252 e. The highest BCUT2D eigenvalue weighted by molar-refractivity contribution is 7.20. The van der Waals surface area contributed by atoms with Gasteiger partial charge in [-0.3, -0.25) is 13.7 Å². The summed E-state index contributed by atoms with van der Waals surface area (Å²) in [4.78, 5) is 33.5. The van der Waals surface area contributed by atoms with Gasteiger partial charge in [0.05, 0.1) is 36.7 Å². The average molecular weight is 1060 g/mol. The van der Waals surface area contributed by atoms with Crippen LogP contribution in [0.1, 0.15) is 109 Å². The van der Waals surface area contributed by atoms with Crippen molar-refractivity contribution in [3.8, 4) is 36.4 Å². The third kappa shape index (κ3) is 11.4. The number of rotatable bonds is 21. The maximum absolute atomic E-state index is 10.5. The van der Waals surface area contributed by atoms with Crippen LogP contribution < -0.4 is 14.7 Å². The van der Waals surface area contributed by atoms with Crippen molar-refractivity contribution in [2.24, 2.45) is 30.7 Å². The van der Waals surface area contributed by atoms with E-state index in [1.54, 1.807) is 18.2 Å². The van der Waals surface area contributed by atoms with Crippen LogP contribution in [0.2, 0.25) is 0 Å². The average Bonchev–Trinajstić information content (AvgIpc) is 4.27. The third-order valence-corrected chi connectivity index (χ3v) is 15.0. The van der Waals surface area contributed by atoms with Gasteiger partial charge in [0, 0.05) is 39.3 Å². The van der Waals surface area contributed by atoms with Crippen molar-refractivity contribution in [1.82, 2.24) is 43.6 Å². The Bertz CT molecular complexity index is 3210. The Labute approximate surface area is 444 Å². The van der Waals surface area contributed by atoms with Crippen molar-refractivity contribution < 1.29 is 0 Å². The molecule has 75 heavy (non-hydrogen) atoms. The Morgan fingerprint density at radius 1 is 0.400 bits per heavy atom. The first-order chi connectivity index (χ1) is 36.3. The first-order valence-corrected chi connectivity index (χ1v) is 26.0. The van der Waals surface area contributed by atoms with E-state index >= 15 is 0 Å². The predicted molar refractivity (Wildman–Crippen MR) is 282 cm³/mol. The van der Waals surface area contributed by atoms with Crippen LogP contribution in [0.4, 0.5) is 48.2 Å². The van der Waals surface area contributed by atoms with Crippen LogP contribution in [0, 0.1) is 88.8 Å². The molecule has 0 spiro atoms. The quantitative estimate of drug-likeness (QED) is 0.0604. The Morgan fingerprint density at radius 3 is 0.867 bits per heavy atom. The normalized spacial score (nSPS) is 11.2. The van der Waals surface area contributed by atoms with Gasteiger partial charge in [0.25, 0.3) is 17.8 Å². The molecule has 0 bridgehead atoms. The van der Waals surface area contributed by atoms with Crippen molar-refractivity contribution >= 4 is 82.3 Å². The van der Waals surface area contributed by atoms with Gasteiger partial charge in [0.1, 0.15) is 36.4 Å². The van der Waals surface area contributed by atoms with Gasteiger partial charge in [-0.25, -0.2) is 15.0 Å². The van der Waals surface area contributed by atoms with Crippen LogP contribution >= 0.6 is 34.0 Å². The molecule has 0 saturated carbocycles. The summed E-state index contributed by atoms with van der Waals surface area (Å²) in [5.74, 6) is -0.0757. The molecule has 27 heteroatoms. The molecule has 7 rings (SSSR count). The first kappa shape index (κ1) is 53.7. The number of hydrogen-bond acceptors (Lipinski definition) is 24. The zero-order valence-corrected chi connectivity index (χ0v) is 45.0. The topological polar surface area (TPSA) is 319 Å². The summed E-state index contributed by atoms with van der Waals surface area (Å²) in [6, 6.07) is 17.7. The van der Waals surface area contributed by atoms with Gasteiger partial charge in [0.2, 0.25) is 0 Å². The standard InChI is InChI=1S/C48H48N24S3/c1-10-67(11-2)46-55-28(7)40(73-46)61-64-43-58-34(19-49)37(22-52)70(43)25-31-16-32(26-71-38(23-53)35(20-50)59-44(71)65-62-41-29(8)56-47(74-41)68(12-3)13-4)18-33(17-31)27-72-39(24-54)36(21-51)60-45(72)66-63-42-30(9)57-48(75-42)69(14-5)15-6/h16-18H,10-15,25-27H2,1-9H3. The van der Waals surface area contributed by atoms with E-state index in [9.17, 15) is 31.6 Å². The van der Waals surface area contributed by atoms with E-state index in [2.05, 4.69) is 93.5 Å². The molecule has 0 fully saturated rings. The lowest BCUT2D eigenvalue weighted by Crippen LogP contribution is -2.21. The van der Waals surface area contributed by atoms with Crippen molar-refractivity contribution in [3.05, 3.63) is 86.1 Å². The fourth-order valence-electron chi connectivity index (χ4n) is 7.80. The minimum absolute atomic E-state index is 0.0252. The Morgan fingerprint density at radius 2 is 0.653 bits per heavy atom. The van der Waals surface area contributed by atoms with Crippen LogP contribution in [0.25, 0.3) is 0 Å². The zero-order valence-electron chi connectivity index (χ0n) is 42.6. The van der Waals surface area contributed by atoms with Crippen molar-refractivity contribution in [2.75, 3.05) is 54.0 Å². The molecule has 7 aromatic rings. The summed E-state index contributed by atoms with van der Waals surface area (Å²) in [6.07, 6.45) is 0. The number of aromatic nitrogens is 9. The summed E-state index contributed by atoms with van der Waals surface area (Å²) in [7, 11) is 0. The zero-order chi connectivity index (χ0) is 53.9. The Balaban J connectivity index is 1.37. The number of imidazole rings is 3. The molecule has 6 heterocycles. The lowest BCUT2D eigenvalue weighted by Gasteiger charge is -2.16. The molecule has 0 N–H and O–H groups in total. The number of aryl methyl sites for hydroxylation is 3. The molecule has 24 nitrogen and oxygen atoms in total. The molecule has 0 aliphatic carbocycles. The summed E-state index contributed by atoms with van der Waals surface area (Å²) in [6.45, 7) is 21.9. The van der Waals surface area contributed by atoms with Crippen LogP contribution in [-0.2, 0) is 19.6 Å². The lowest BCUT2D eigenvalue weighted by atomic mass is 10.0. The smallest absolute Gasteiger partial charge is 0.252 e. The van der Waals surface area contributed by atoms with Gasteiger partial charge in [-0.2, -0.15) is 46.5 Å². The van der Waals surface area contributed by atoms with Crippen LogP contribution in [-0.4, -0.2) is 82.9 Å². The monoisotopic (exact) mass is 1060 g/mol. The molecule has 0 aliphatic rings. The van der Waals surface area contributed by atoms with E-state index in [1.807, 2.05) is 80.5 Å². The minimum atomic E-state index is -0.166. The van der Waals surface area contributed by atoms with Gasteiger partial charge in [-0.1, -0.05) is 52.2 Å². The second-order valence-electron chi connectivity index (χ2n) is 16.2. The molecular weight excluding hydrogens is 1010 g/mol. The summed E-state index contributed by atoms with van der Waals surface area (Å²) in [5, 5.41) is 92.6. The largest absolute Gasteiger partial charge is 0.349 e. The van der Waals surface area contributed by atoms with E-state index in [4.69, 9.17) is 0 Å².